The number of alkyl halides is 3. The van der Waals surface area contributed by atoms with Crippen molar-refractivity contribution in [3.8, 4) is 17.2 Å². The molecule has 0 aliphatic carbocycles. The SMILES string of the molecule is CC(Nc1nccc(-n2cc(C(=O)NCCN(C)C)nc2-c2cccc(C(F)(F)F)c2)n1)c1ccccc1. The van der Waals surface area contributed by atoms with Gasteiger partial charge in [0.25, 0.3) is 5.91 Å². The van der Waals surface area contributed by atoms with Crippen molar-refractivity contribution < 1.29 is 18.0 Å². The molecule has 2 aromatic heterocycles. The first-order valence-electron chi connectivity index (χ1n) is 12.0. The highest BCUT2D eigenvalue weighted by Gasteiger charge is 2.31. The van der Waals surface area contributed by atoms with Crippen LogP contribution in [0.3, 0.4) is 0 Å². The normalized spacial score (nSPS) is 12.4. The Bertz CT molecular complexity index is 1390. The number of benzene rings is 2. The molecule has 0 radical (unpaired) electrons. The van der Waals surface area contributed by atoms with E-state index in [0.29, 0.717) is 24.9 Å². The van der Waals surface area contributed by atoms with Crippen LogP contribution in [0.15, 0.2) is 73.1 Å². The minimum Gasteiger partial charge on any atom is -0.349 e. The van der Waals surface area contributed by atoms with E-state index in [0.717, 1.165) is 17.7 Å². The molecule has 4 rings (SSSR count). The van der Waals surface area contributed by atoms with Crippen LogP contribution in [0.1, 0.15) is 34.6 Å². The molecule has 1 unspecified atom stereocenters. The van der Waals surface area contributed by atoms with Crippen molar-refractivity contribution in [3.63, 3.8) is 0 Å². The summed E-state index contributed by atoms with van der Waals surface area (Å²) in [5.41, 5.74) is 0.466. The lowest BCUT2D eigenvalue weighted by Crippen LogP contribution is -2.31. The summed E-state index contributed by atoms with van der Waals surface area (Å²) in [4.78, 5) is 28.0. The van der Waals surface area contributed by atoms with Crippen LogP contribution in [0, 0.1) is 0 Å². The van der Waals surface area contributed by atoms with E-state index in [4.69, 9.17) is 0 Å². The number of rotatable bonds is 9. The van der Waals surface area contributed by atoms with Crippen molar-refractivity contribution in [1.82, 2.24) is 29.7 Å². The van der Waals surface area contributed by atoms with Gasteiger partial charge in [0.1, 0.15) is 17.3 Å². The highest BCUT2D eigenvalue weighted by Crippen LogP contribution is 2.32. The van der Waals surface area contributed by atoms with E-state index in [9.17, 15) is 18.0 Å². The predicted octanol–water partition coefficient (Wildman–Crippen LogP) is 4.81. The van der Waals surface area contributed by atoms with Gasteiger partial charge in [0.2, 0.25) is 5.95 Å². The monoisotopic (exact) mass is 523 g/mol. The molecule has 11 heteroatoms. The Kier molecular flexibility index (Phi) is 8.06. The van der Waals surface area contributed by atoms with E-state index in [1.54, 1.807) is 6.07 Å². The lowest BCUT2D eigenvalue weighted by atomic mass is 10.1. The second kappa shape index (κ2) is 11.4. The van der Waals surface area contributed by atoms with Gasteiger partial charge in [-0.05, 0) is 44.8 Å². The first-order chi connectivity index (χ1) is 18.1. The Morgan fingerprint density at radius 3 is 2.53 bits per heavy atom. The minimum atomic E-state index is -4.53. The first-order valence-corrected chi connectivity index (χ1v) is 12.0. The smallest absolute Gasteiger partial charge is 0.349 e. The Morgan fingerprint density at radius 1 is 1.05 bits per heavy atom. The number of hydrogen-bond donors (Lipinski definition) is 2. The fourth-order valence-corrected chi connectivity index (χ4v) is 3.76. The quantitative estimate of drug-likeness (QED) is 0.327. The van der Waals surface area contributed by atoms with E-state index < -0.39 is 17.6 Å². The molecule has 2 heterocycles. The van der Waals surface area contributed by atoms with Gasteiger partial charge >= 0.3 is 6.18 Å². The zero-order valence-electron chi connectivity index (χ0n) is 21.2. The molecule has 0 bridgehead atoms. The summed E-state index contributed by atoms with van der Waals surface area (Å²) in [6.07, 6.45) is -1.53. The van der Waals surface area contributed by atoms with Crippen molar-refractivity contribution in [2.75, 3.05) is 32.5 Å². The van der Waals surface area contributed by atoms with Gasteiger partial charge in [-0.2, -0.15) is 18.2 Å². The molecule has 2 N–H and O–H groups in total. The molecule has 38 heavy (non-hydrogen) atoms. The van der Waals surface area contributed by atoms with Crippen molar-refractivity contribution in [2.45, 2.75) is 19.1 Å². The summed E-state index contributed by atoms with van der Waals surface area (Å²) in [5, 5.41) is 6.02. The molecule has 4 aromatic rings. The number of carbonyl (C=O) groups excluding carboxylic acids is 1. The third-order valence-electron chi connectivity index (χ3n) is 5.76. The first kappa shape index (κ1) is 26.8. The fraction of sp³-hybridized carbons (Fsp3) is 0.259. The number of aromatic nitrogens is 4. The molecular weight excluding hydrogens is 495 g/mol. The van der Waals surface area contributed by atoms with Crippen molar-refractivity contribution in [3.05, 3.63) is 89.9 Å². The lowest BCUT2D eigenvalue weighted by molar-refractivity contribution is -0.137. The van der Waals surface area contributed by atoms with Crippen molar-refractivity contribution >= 4 is 11.9 Å². The maximum Gasteiger partial charge on any atom is 0.416 e. The summed E-state index contributed by atoms with van der Waals surface area (Å²) < 4.78 is 41.8. The number of nitrogens with one attached hydrogen (secondary N) is 2. The van der Waals surface area contributed by atoms with Gasteiger partial charge in [-0.1, -0.05) is 42.5 Å². The Hall–Kier alpha value is -4.25. The van der Waals surface area contributed by atoms with Crippen LogP contribution in [-0.2, 0) is 6.18 Å². The predicted molar refractivity (Wildman–Crippen MR) is 139 cm³/mol. The highest BCUT2D eigenvalue weighted by atomic mass is 19.4. The zero-order chi connectivity index (χ0) is 27.3. The number of anilines is 1. The van der Waals surface area contributed by atoms with E-state index in [1.807, 2.05) is 56.3 Å². The van der Waals surface area contributed by atoms with Gasteiger partial charge in [-0.15, -0.1) is 0 Å². The number of nitrogens with zero attached hydrogens (tertiary/aromatic N) is 5. The third-order valence-corrected chi connectivity index (χ3v) is 5.76. The number of amides is 1. The summed E-state index contributed by atoms with van der Waals surface area (Å²) in [5.74, 6) is 0.369. The number of likely N-dealkylation sites (N-methyl/N-ethyl adjacent to an activating group) is 1. The zero-order valence-corrected chi connectivity index (χ0v) is 21.2. The number of halogens is 3. The maximum atomic E-state index is 13.4. The largest absolute Gasteiger partial charge is 0.416 e. The Balaban J connectivity index is 1.71. The van der Waals surface area contributed by atoms with E-state index in [1.165, 1.54) is 29.1 Å². The molecule has 0 aliphatic rings. The molecule has 0 aliphatic heterocycles. The Morgan fingerprint density at radius 2 is 1.82 bits per heavy atom. The van der Waals surface area contributed by atoms with Crippen LogP contribution in [0.25, 0.3) is 17.2 Å². The van der Waals surface area contributed by atoms with Crippen LogP contribution in [-0.4, -0.2) is 57.5 Å². The van der Waals surface area contributed by atoms with Crippen LogP contribution >= 0.6 is 0 Å². The Labute approximate surface area is 218 Å². The fourth-order valence-electron chi connectivity index (χ4n) is 3.76. The lowest BCUT2D eigenvalue weighted by Gasteiger charge is -2.15. The van der Waals surface area contributed by atoms with E-state index in [2.05, 4.69) is 25.6 Å². The van der Waals surface area contributed by atoms with Crippen LogP contribution in [0.4, 0.5) is 19.1 Å². The molecule has 0 fully saturated rings. The van der Waals surface area contributed by atoms with E-state index in [-0.39, 0.29) is 23.1 Å². The highest BCUT2D eigenvalue weighted by molar-refractivity contribution is 5.93. The average molecular weight is 524 g/mol. The molecule has 2 aromatic carbocycles. The summed E-state index contributed by atoms with van der Waals surface area (Å²) in [6, 6.07) is 16.1. The molecule has 0 saturated carbocycles. The molecule has 1 atom stereocenters. The molecule has 0 saturated heterocycles. The van der Waals surface area contributed by atoms with Crippen molar-refractivity contribution in [2.24, 2.45) is 0 Å². The van der Waals surface area contributed by atoms with Gasteiger partial charge in [-0.25, -0.2) is 9.97 Å². The van der Waals surface area contributed by atoms with Gasteiger partial charge in [0.15, 0.2) is 0 Å². The summed E-state index contributed by atoms with van der Waals surface area (Å²) >= 11 is 0. The number of carbonyl (C=O) groups is 1. The standard InChI is InChI=1S/C27H28F3N7O/c1-18(19-8-5-4-6-9-19)33-26-32-13-12-23(35-26)37-17-22(25(38)31-14-15-36(2)3)34-24(37)20-10-7-11-21(16-20)27(28,29)30/h4-13,16-18H,14-15H2,1-3H3,(H,31,38)(H,32,33,35). The molecular formula is C27H28F3N7O. The second-order valence-electron chi connectivity index (χ2n) is 8.97. The summed E-state index contributed by atoms with van der Waals surface area (Å²) in [7, 11) is 3.76. The second-order valence-corrected chi connectivity index (χ2v) is 8.97. The molecule has 0 spiro atoms. The molecule has 1 amide bonds. The summed E-state index contributed by atoms with van der Waals surface area (Å²) in [6.45, 7) is 2.97. The minimum absolute atomic E-state index is 0.0574. The third kappa shape index (κ3) is 6.54. The van der Waals surface area contributed by atoms with E-state index >= 15 is 0 Å². The maximum absolute atomic E-state index is 13.4. The molecule has 8 nitrogen and oxygen atoms in total. The average Bonchev–Trinajstić information content (AvgIpc) is 3.35. The van der Waals surface area contributed by atoms with Gasteiger partial charge in [0.05, 0.1) is 11.6 Å². The number of imidazole rings is 1. The van der Waals surface area contributed by atoms with Gasteiger partial charge in [0, 0.05) is 31.0 Å². The van der Waals surface area contributed by atoms with Gasteiger partial charge < -0.3 is 15.5 Å². The van der Waals surface area contributed by atoms with Gasteiger partial charge in [-0.3, -0.25) is 9.36 Å². The topological polar surface area (TPSA) is 88.0 Å². The number of hydrogen-bond acceptors (Lipinski definition) is 6. The van der Waals surface area contributed by atoms with Crippen LogP contribution in [0.5, 0.6) is 0 Å². The molecule has 198 valence electrons. The van der Waals surface area contributed by atoms with Crippen molar-refractivity contribution in [1.29, 1.82) is 0 Å². The van der Waals surface area contributed by atoms with Crippen LogP contribution < -0.4 is 10.6 Å². The van der Waals surface area contributed by atoms with Crippen LogP contribution in [0.2, 0.25) is 0 Å².